The lowest BCUT2D eigenvalue weighted by Gasteiger charge is -2.46. The highest BCUT2D eigenvalue weighted by Crippen LogP contribution is 2.39. The number of halogens is 2. The molecule has 0 aliphatic carbocycles. The van der Waals surface area contributed by atoms with E-state index in [0.29, 0.717) is 17.5 Å². The Morgan fingerprint density at radius 2 is 2.10 bits per heavy atom. The van der Waals surface area contributed by atoms with Gasteiger partial charge in [-0.05, 0) is 50.9 Å². The molecule has 2 atom stereocenters. The zero-order valence-corrected chi connectivity index (χ0v) is 12.9. The van der Waals surface area contributed by atoms with Gasteiger partial charge >= 0.3 is 0 Å². The average Bonchev–Trinajstić information content (AvgIpc) is 2.87. The van der Waals surface area contributed by atoms with Gasteiger partial charge in [0.05, 0.1) is 22.5 Å². The number of fused-ring (bicyclic) bond motifs is 4. The Labute approximate surface area is 128 Å². The third-order valence-corrected chi connectivity index (χ3v) is 5.18. The first-order valence-corrected chi connectivity index (χ1v) is 8.11. The lowest BCUT2D eigenvalue weighted by atomic mass is 9.83. The molecule has 5 heteroatoms. The second-order valence-electron chi connectivity index (χ2n) is 6.29. The fourth-order valence-corrected chi connectivity index (χ4v) is 4.10. The van der Waals surface area contributed by atoms with Gasteiger partial charge in [0.1, 0.15) is 11.6 Å². The molecule has 1 aromatic carbocycles. The van der Waals surface area contributed by atoms with Crippen LogP contribution in [0.5, 0.6) is 0 Å². The minimum atomic E-state index is -0.241. The summed E-state index contributed by atoms with van der Waals surface area (Å²) in [6.07, 6.45) is 2.48. The standard InChI is InChI=1S/C16H19ClFN3/c1-10(17)16-19-13-8-12(18)2-3-14(13)21(16)15-9-20-6-4-11(15)5-7-20/h2-3,8,10-11,15H,4-7,9H2,1H3. The van der Waals surface area contributed by atoms with Gasteiger partial charge in [0.25, 0.3) is 0 Å². The van der Waals surface area contributed by atoms with Crippen LogP contribution in [0.2, 0.25) is 0 Å². The minimum Gasteiger partial charge on any atom is -0.322 e. The molecule has 3 aliphatic heterocycles. The molecular formula is C16H19ClFN3. The predicted octanol–water partition coefficient (Wildman–Crippen LogP) is 3.74. The van der Waals surface area contributed by atoms with Crippen LogP contribution in [0, 0.1) is 11.7 Å². The Morgan fingerprint density at radius 1 is 1.33 bits per heavy atom. The van der Waals surface area contributed by atoms with Crippen molar-refractivity contribution in [2.45, 2.75) is 31.2 Å². The zero-order valence-electron chi connectivity index (χ0n) is 12.1. The fourth-order valence-electron chi connectivity index (χ4n) is 3.95. The van der Waals surface area contributed by atoms with Crippen LogP contribution in [0.15, 0.2) is 18.2 Å². The lowest BCUT2D eigenvalue weighted by molar-refractivity contribution is 0.0575. The molecule has 3 aliphatic rings. The van der Waals surface area contributed by atoms with E-state index < -0.39 is 0 Å². The second kappa shape index (κ2) is 4.96. The Morgan fingerprint density at radius 3 is 2.71 bits per heavy atom. The van der Waals surface area contributed by atoms with Crippen LogP contribution in [0.25, 0.3) is 11.0 Å². The van der Waals surface area contributed by atoms with E-state index in [1.54, 1.807) is 0 Å². The summed E-state index contributed by atoms with van der Waals surface area (Å²) in [6.45, 7) is 5.41. The first-order valence-electron chi connectivity index (χ1n) is 7.67. The molecular weight excluding hydrogens is 289 g/mol. The monoisotopic (exact) mass is 307 g/mol. The van der Waals surface area contributed by atoms with Crippen molar-refractivity contribution < 1.29 is 4.39 Å². The molecule has 4 heterocycles. The summed E-state index contributed by atoms with van der Waals surface area (Å²) in [7, 11) is 0. The highest BCUT2D eigenvalue weighted by atomic mass is 35.5. The molecule has 2 bridgehead atoms. The van der Waals surface area contributed by atoms with Crippen LogP contribution in [-0.4, -0.2) is 34.1 Å². The largest absolute Gasteiger partial charge is 0.322 e. The number of imidazole rings is 1. The molecule has 3 saturated heterocycles. The van der Waals surface area contributed by atoms with E-state index in [4.69, 9.17) is 11.6 Å². The Balaban J connectivity index is 1.88. The maximum atomic E-state index is 13.5. The van der Waals surface area contributed by atoms with Crippen molar-refractivity contribution in [1.29, 1.82) is 0 Å². The molecule has 0 spiro atoms. The molecule has 3 nitrogen and oxygen atoms in total. The third-order valence-electron chi connectivity index (χ3n) is 4.99. The highest BCUT2D eigenvalue weighted by Gasteiger charge is 2.37. The van der Waals surface area contributed by atoms with E-state index in [-0.39, 0.29) is 11.2 Å². The first-order chi connectivity index (χ1) is 10.1. The molecule has 0 amide bonds. The predicted molar refractivity (Wildman–Crippen MR) is 82.2 cm³/mol. The van der Waals surface area contributed by atoms with E-state index in [2.05, 4.69) is 14.5 Å². The molecule has 112 valence electrons. The summed E-state index contributed by atoms with van der Waals surface area (Å²) in [5.74, 6) is 1.32. The van der Waals surface area contributed by atoms with Crippen LogP contribution >= 0.6 is 11.6 Å². The quantitative estimate of drug-likeness (QED) is 0.788. The molecule has 0 radical (unpaired) electrons. The van der Waals surface area contributed by atoms with Crippen molar-refractivity contribution in [3.63, 3.8) is 0 Å². The van der Waals surface area contributed by atoms with E-state index in [1.807, 2.05) is 13.0 Å². The van der Waals surface area contributed by atoms with Crippen LogP contribution in [0.3, 0.4) is 0 Å². The lowest BCUT2D eigenvalue weighted by Crippen LogP contribution is -2.48. The number of alkyl halides is 1. The van der Waals surface area contributed by atoms with Crippen LogP contribution in [0.1, 0.15) is 37.0 Å². The van der Waals surface area contributed by atoms with E-state index in [0.717, 1.165) is 17.9 Å². The first kappa shape index (κ1) is 13.5. The summed E-state index contributed by atoms with van der Waals surface area (Å²) >= 11 is 6.35. The van der Waals surface area contributed by atoms with Gasteiger partial charge in [-0.3, -0.25) is 0 Å². The van der Waals surface area contributed by atoms with Crippen molar-refractivity contribution in [2.24, 2.45) is 5.92 Å². The molecule has 0 saturated carbocycles. The van der Waals surface area contributed by atoms with Gasteiger partial charge in [0.15, 0.2) is 0 Å². The number of hydrogen-bond acceptors (Lipinski definition) is 2. The number of nitrogens with zero attached hydrogens (tertiary/aromatic N) is 3. The maximum absolute atomic E-state index is 13.5. The van der Waals surface area contributed by atoms with Crippen LogP contribution in [0.4, 0.5) is 4.39 Å². The van der Waals surface area contributed by atoms with E-state index >= 15 is 0 Å². The Hall–Kier alpha value is -1.13. The summed E-state index contributed by atoms with van der Waals surface area (Å²) in [4.78, 5) is 7.12. The van der Waals surface area contributed by atoms with Gasteiger partial charge in [0.2, 0.25) is 0 Å². The fraction of sp³-hybridized carbons (Fsp3) is 0.562. The highest BCUT2D eigenvalue weighted by molar-refractivity contribution is 6.20. The number of hydrogen-bond donors (Lipinski definition) is 0. The molecule has 2 unspecified atom stereocenters. The molecule has 5 rings (SSSR count). The molecule has 21 heavy (non-hydrogen) atoms. The van der Waals surface area contributed by atoms with E-state index in [1.165, 1.54) is 38.1 Å². The van der Waals surface area contributed by atoms with Crippen LogP contribution in [-0.2, 0) is 0 Å². The van der Waals surface area contributed by atoms with Gasteiger partial charge in [-0.15, -0.1) is 11.6 Å². The summed E-state index contributed by atoms with van der Waals surface area (Å²) in [5, 5.41) is -0.170. The zero-order chi connectivity index (χ0) is 14.6. The van der Waals surface area contributed by atoms with Crippen molar-refractivity contribution in [3.8, 4) is 0 Å². The van der Waals surface area contributed by atoms with Crippen molar-refractivity contribution >= 4 is 22.6 Å². The second-order valence-corrected chi connectivity index (χ2v) is 6.95. The summed E-state index contributed by atoms with van der Waals surface area (Å²) < 4.78 is 15.8. The molecule has 0 N–H and O–H groups in total. The summed E-state index contributed by atoms with van der Waals surface area (Å²) in [5.41, 5.74) is 1.73. The van der Waals surface area contributed by atoms with Gasteiger partial charge < -0.3 is 9.47 Å². The normalized spacial score (nSPS) is 30.0. The topological polar surface area (TPSA) is 21.1 Å². The number of piperidine rings is 3. The Kier molecular flexibility index (Phi) is 3.19. The SMILES string of the molecule is CC(Cl)c1nc2cc(F)ccc2n1C1CN2CCC1CC2. The van der Waals surface area contributed by atoms with Crippen LogP contribution < -0.4 is 0 Å². The number of rotatable bonds is 2. The number of aromatic nitrogens is 2. The van der Waals surface area contributed by atoms with Gasteiger partial charge in [-0.2, -0.15) is 0 Å². The average molecular weight is 308 g/mol. The van der Waals surface area contributed by atoms with Gasteiger partial charge in [-0.1, -0.05) is 0 Å². The minimum absolute atomic E-state index is 0.170. The number of benzene rings is 1. The summed E-state index contributed by atoms with van der Waals surface area (Å²) in [6, 6.07) is 5.29. The van der Waals surface area contributed by atoms with Crippen molar-refractivity contribution in [1.82, 2.24) is 14.5 Å². The smallest absolute Gasteiger partial charge is 0.128 e. The maximum Gasteiger partial charge on any atom is 0.128 e. The van der Waals surface area contributed by atoms with Gasteiger partial charge in [-0.25, -0.2) is 9.37 Å². The Bertz CT molecular complexity index is 673. The van der Waals surface area contributed by atoms with Crippen molar-refractivity contribution in [3.05, 3.63) is 29.8 Å². The molecule has 1 aromatic heterocycles. The molecule has 3 fully saturated rings. The third kappa shape index (κ3) is 2.16. The van der Waals surface area contributed by atoms with Gasteiger partial charge in [0, 0.05) is 12.6 Å². The van der Waals surface area contributed by atoms with Crippen molar-refractivity contribution in [2.75, 3.05) is 19.6 Å². The van der Waals surface area contributed by atoms with E-state index in [9.17, 15) is 4.39 Å². The molecule has 2 aromatic rings.